The third kappa shape index (κ3) is 4.26. The van der Waals surface area contributed by atoms with Crippen LogP contribution in [-0.2, 0) is 21.3 Å². The van der Waals surface area contributed by atoms with Crippen LogP contribution in [0.5, 0.6) is 0 Å². The van der Waals surface area contributed by atoms with Crippen molar-refractivity contribution in [2.75, 3.05) is 0 Å². The van der Waals surface area contributed by atoms with Crippen molar-refractivity contribution in [3.05, 3.63) is 69.4 Å². The Balaban J connectivity index is 1.78. The first-order chi connectivity index (χ1) is 11.7. The average Bonchev–Trinajstić information content (AvgIpc) is 3.26. The molecule has 0 saturated heterocycles. The molecule has 0 unspecified atom stereocenters. The quantitative estimate of drug-likeness (QED) is 0.739. The van der Waals surface area contributed by atoms with Crippen molar-refractivity contribution in [1.29, 1.82) is 0 Å². The minimum atomic E-state index is -3.67. The molecule has 1 aliphatic carbocycles. The van der Waals surface area contributed by atoms with Gasteiger partial charge in [0.1, 0.15) is 5.82 Å². The third-order valence-electron chi connectivity index (χ3n) is 4.07. The fourth-order valence-electron chi connectivity index (χ4n) is 2.70. The largest absolute Gasteiger partial charge is 0.478 e. The summed E-state index contributed by atoms with van der Waals surface area (Å²) in [6.07, 6.45) is 1.19. The number of sulfonamides is 1. The van der Waals surface area contributed by atoms with E-state index in [0.29, 0.717) is 28.4 Å². The summed E-state index contributed by atoms with van der Waals surface area (Å²) < 4.78 is 41.8. The van der Waals surface area contributed by atoms with Gasteiger partial charge in [0.05, 0.1) is 16.9 Å². The number of carbonyl (C=O) groups is 1. The molecule has 0 bridgehead atoms. The number of aromatic carboxylic acids is 1. The smallest absolute Gasteiger partial charge is 0.335 e. The molecule has 1 aliphatic rings. The lowest BCUT2D eigenvalue weighted by Gasteiger charge is -2.18. The number of benzene rings is 2. The molecule has 2 N–H and O–H groups in total. The van der Waals surface area contributed by atoms with Crippen LogP contribution in [0.2, 0.25) is 0 Å². The summed E-state index contributed by atoms with van der Waals surface area (Å²) in [4.78, 5) is 10.8. The first-order valence-corrected chi connectivity index (χ1v) is 9.94. The van der Waals surface area contributed by atoms with Crippen molar-refractivity contribution >= 4 is 31.9 Å². The summed E-state index contributed by atoms with van der Waals surface area (Å²) in [5.41, 5.74) is 0.389. The normalized spacial score (nSPS) is 15.8. The molecule has 2 aromatic carbocycles. The number of hydrogen-bond donors (Lipinski definition) is 2. The zero-order chi connectivity index (χ0) is 18.2. The Morgan fingerprint density at radius 3 is 2.36 bits per heavy atom. The van der Waals surface area contributed by atoms with Gasteiger partial charge in [-0.25, -0.2) is 22.3 Å². The van der Waals surface area contributed by atoms with Crippen LogP contribution in [0, 0.1) is 5.82 Å². The second kappa shape index (κ2) is 6.51. The Morgan fingerprint density at radius 2 is 1.84 bits per heavy atom. The van der Waals surface area contributed by atoms with Gasteiger partial charge >= 0.3 is 5.97 Å². The minimum Gasteiger partial charge on any atom is -0.478 e. The maximum atomic E-state index is 13.6. The Morgan fingerprint density at radius 1 is 1.20 bits per heavy atom. The SMILES string of the molecule is O=C(O)c1ccc(CS(=O)(=O)NC2(c3cc(F)cc(Br)c3)CC2)cc1. The van der Waals surface area contributed by atoms with Gasteiger partial charge < -0.3 is 5.11 Å². The molecule has 0 amide bonds. The molecule has 0 heterocycles. The summed E-state index contributed by atoms with van der Waals surface area (Å²) in [5.74, 6) is -1.77. The van der Waals surface area contributed by atoms with Crippen LogP contribution in [0.4, 0.5) is 4.39 Å². The van der Waals surface area contributed by atoms with Gasteiger partial charge in [-0.05, 0) is 54.3 Å². The Hall–Kier alpha value is -1.77. The van der Waals surface area contributed by atoms with E-state index in [2.05, 4.69) is 20.7 Å². The lowest BCUT2D eigenvalue weighted by Crippen LogP contribution is -2.35. The second-order valence-corrected chi connectivity index (χ2v) is 8.74. The van der Waals surface area contributed by atoms with Gasteiger partial charge in [0, 0.05) is 4.47 Å². The summed E-state index contributed by atoms with van der Waals surface area (Å²) in [7, 11) is -3.67. The van der Waals surface area contributed by atoms with Gasteiger partial charge in [-0.1, -0.05) is 28.1 Å². The molecule has 1 saturated carbocycles. The molecule has 1 fully saturated rings. The predicted octanol–water partition coefficient (Wildman–Crippen LogP) is 3.40. The highest BCUT2D eigenvalue weighted by molar-refractivity contribution is 9.10. The van der Waals surface area contributed by atoms with Crippen molar-refractivity contribution in [1.82, 2.24) is 4.72 Å². The molecule has 25 heavy (non-hydrogen) atoms. The number of hydrogen-bond acceptors (Lipinski definition) is 3. The predicted molar refractivity (Wildman–Crippen MR) is 94.2 cm³/mol. The van der Waals surface area contributed by atoms with E-state index in [1.54, 1.807) is 6.07 Å². The maximum Gasteiger partial charge on any atom is 0.335 e. The van der Waals surface area contributed by atoms with Gasteiger partial charge in [0.25, 0.3) is 0 Å². The molecule has 8 heteroatoms. The monoisotopic (exact) mass is 427 g/mol. The number of carboxylic acids is 1. The van der Waals surface area contributed by atoms with Crippen LogP contribution < -0.4 is 4.72 Å². The first kappa shape index (κ1) is 18.0. The van der Waals surface area contributed by atoms with E-state index in [4.69, 9.17) is 5.11 Å². The molecule has 0 aliphatic heterocycles. The van der Waals surface area contributed by atoms with Gasteiger partial charge in [-0.15, -0.1) is 0 Å². The molecular formula is C17H15BrFNO4S. The number of halogens is 2. The lowest BCUT2D eigenvalue weighted by atomic mass is 10.1. The standard InChI is InChI=1S/C17H15BrFNO4S/c18-14-7-13(8-15(19)9-14)17(5-6-17)20-25(23,24)10-11-1-3-12(4-2-11)16(21)22/h1-4,7-9,20H,5-6,10H2,(H,21,22). The van der Waals surface area contributed by atoms with Gasteiger partial charge in [-0.2, -0.15) is 0 Å². The van der Waals surface area contributed by atoms with Crippen LogP contribution in [-0.4, -0.2) is 19.5 Å². The van der Waals surface area contributed by atoms with E-state index >= 15 is 0 Å². The second-order valence-electron chi connectivity index (χ2n) is 6.10. The summed E-state index contributed by atoms with van der Waals surface area (Å²) in [6, 6.07) is 10.0. The van der Waals surface area contributed by atoms with E-state index < -0.39 is 27.3 Å². The van der Waals surface area contributed by atoms with Crippen molar-refractivity contribution in [3.8, 4) is 0 Å². The zero-order valence-electron chi connectivity index (χ0n) is 13.0. The van der Waals surface area contributed by atoms with Crippen LogP contribution >= 0.6 is 15.9 Å². The van der Waals surface area contributed by atoms with E-state index in [1.165, 1.54) is 36.4 Å². The number of nitrogens with one attached hydrogen (secondary N) is 1. The summed E-state index contributed by atoms with van der Waals surface area (Å²) in [6.45, 7) is 0. The Labute approximate surface area is 153 Å². The van der Waals surface area contributed by atoms with E-state index in [-0.39, 0.29) is 11.3 Å². The Kier molecular flexibility index (Phi) is 4.70. The average molecular weight is 428 g/mol. The first-order valence-electron chi connectivity index (χ1n) is 7.50. The third-order valence-corrected chi connectivity index (χ3v) is 5.95. The molecule has 132 valence electrons. The molecule has 0 spiro atoms. The minimum absolute atomic E-state index is 0.0948. The zero-order valence-corrected chi connectivity index (χ0v) is 15.4. The van der Waals surface area contributed by atoms with Crippen molar-refractivity contribution in [3.63, 3.8) is 0 Å². The highest BCUT2D eigenvalue weighted by Crippen LogP contribution is 2.47. The van der Waals surface area contributed by atoms with E-state index in [0.717, 1.165) is 0 Å². The van der Waals surface area contributed by atoms with Crippen LogP contribution in [0.15, 0.2) is 46.9 Å². The fourth-order valence-corrected chi connectivity index (χ4v) is 4.79. The van der Waals surface area contributed by atoms with Crippen molar-refractivity contribution < 1.29 is 22.7 Å². The highest BCUT2D eigenvalue weighted by Gasteiger charge is 2.47. The summed E-state index contributed by atoms with van der Waals surface area (Å²) >= 11 is 3.22. The molecule has 0 aromatic heterocycles. The van der Waals surface area contributed by atoms with Crippen molar-refractivity contribution in [2.45, 2.75) is 24.1 Å². The molecule has 3 rings (SSSR count). The highest BCUT2D eigenvalue weighted by atomic mass is 79.9. The molecule has 5 nitrogen and oxygen atoms in total. The molecule has 0 atom stereocenters. The van der Waals surface area contributed by atoms with Crippen LogP contribution in [0.3, 0.4) is 0 Å². The van der Waals surface area contributed by atoms with Gasteiger partial charge in [-0.3, -0.25) is 0 Å². The van der Waals surface area contributed by atoms with E-state index in [9.17, 15) is 17.6 Å². The van der Waals surface area contributed by atoms with Gasteiger partial charge in [0.2, 0.25) is 10.0 Å². The molecule has 0 radical (unpaired) electrons. The Bertz CT molecular complexity index is 904. The van der Waals surface area contributed by atoms with Crippen LogP contribution in [0.1, 0.15) is 34.3 Å². The topological polar surface area (TPSA) is 83.5 Å². The number of rotatable bonds is 6. The van der Waals surface area contributed by atoms with Crippen molar-refractivity contribution in [2.24, 2.45) is 0 Å². The maximum absolute atomic E-state index is 13.6. The molecule has 2 aromatic rings. The van der Waals surface area contributed by atoms with E-state index in [1.807, 2.05) is 0 Å². The fraction of sp³-hybridized carbons (Fsp3) is 0.235. The van der Waals surface area contributed by atoms with Gasteiger partial charge in [0.15, 0.2) is 0 Å². The summed E-state index contributed by atoms with van der Waals surface area (Å²) in [5, 5.41) is 8.88. The lowest BCUT2D eigenvalue weighted by molar-refractivity contribution is 0.0697. The number of carboxylic acid groups (broad SMARTS) is 1. The molecular weight excluding hydrogens is 413 g/mol. The van der Waals surface area contributed by atoms with Crippen LogP contribution in [0.25, 0.3) is 0 Å².